The number of hydrogen-bond acceptors (Lipinski definition) is 3. The van der Waals surface area contributed by atoms with Crippen LogP contribution >= 0.6 is 0 Å². The van der Waals surface area contributed by atoms with Crippen molar-refractivity contribution in [3.8, 4) is 50.2 Å². The van der Waals surface area contributed by atoms with Gasteiger partial charge >= 0.3 is 0 Å². The van der Waals surface area contributed by atoms with Crippen LogP contribution in [0.3, 0.4) is 0 Å². The molecular weight excluding hydrogens is 1540 g/mol. The Morgan fingerprint density at radius 3 is 1.30 bits per heavy atom. The van der Waals surface area contributed by atoms with Crippen molar-refractivity contribution in [2.45, 2.75) is 111 Å². The number of aryl methyl sites for hydroxylation is 2. The van der Waals surface area contributed by atoms with Gasteiger partial charge < -0.3 is 28.4 Å². The highest BCUT2D eigenvalue weighted by Crippen LogP contribution is 2.48. The van der Waals surface area contributed by atoms with E-state index in [-0.39, 0.29) is 105 Å². The van der Waals surface area contributed by atoms with Crippen molar-refractivity contribution >= 4 is 128 Å². The third kappa shape index (κ3) is 14.2. The van der Waals surface area contributed by atoms with Gasteiger partial charge in [0.25, 0.3) is 6.71 Å². The number of para-hydroxylation sites is 5. The summed E-state index contributed by atoms with van der Waals surface area (Å²) in [4.78, 5) is 6.60. The quantitative estimate of drug-likeness (QED) is 0.0801. The van der Waals surface area contributed by atoms with Crippen molar-refractivity contribution < 1.29 is 23.3 Å². The van der Waals surface area contributed by atoms with Crippen molar-refractivity contribution in [3.63, 3.8) is 0 Å². The molecule has 6 nitrogen and oxygen atoms in total. The molecule has 0 radical (unpaired) electrons. The fourth-order valence-electron chi connectivity index (χ4n) is 19.7. The predicted molar refractivity (Wildman–Crippen MR) is 542 cm³/mol. The maximum Gasteiger partial charge on any atom is 0.252 e. The SMILES string of the molecule is [2H]c1c([2H])c([2H])c(N(c2ccccc2)c2ccc3c(c2)c2c([2H])c([2H])c([2H])c([2H])c2n3Cc2cc3c4c(c2)N(Cc2c(-c5ccccc5)cc(C(C)(C)C)cc2-c2ccccc2)c2cc(CCn5c6c([2H])c([2H])c([2H])c([2H])c6c6c([2H])c([2H])c([2H])c([2H])c65)ccc2B4c2ccc(-n4c5ccc(C(C)(C)C)cc5c5cc(C(C)(C)C)ccc54)cc2N3CCc2cc(-c3ccccc3)cc(-c3ccccc3)c2)c([2H])c1[2H]. The number of aromatic nitrogens is 3. The van der Waals surface area contributed by atoms with Crippen LogP contribution in [-0.4, -0.2) is 27.0 Å². The Hall–Kier alpha value is -14.4. The average molecular weight is 1660 g/mol. The molecule has 616 valence electrons. The van der Waals surface area contributed by atoms with Crippen LogP contribution in [0, 0.1) is 0 Å². The highest BCUT2D eigenvalue weighted by molar-refractivity contribution is 7.00. The molecule has 17 aromatic carbocycles. The molecule has 22 rings (SSSR count). The molecule has 0 aliphatic carbocycles. The molecule has 2 aliphatic heterocycles. The molecule has 0 bridgehead atoms. The van der Waals surface area contributed by atoms with E-state index >= 15 is 0 Å². The molecule has 0 N–H and O–H groups in total. The highest BCUT2D eigenvalue weighted by atomic mass is 15.2. The van der Waals surface area contributed by atoms with E-state index in [2.05, 4.69) is 289 Å². The zero-order valence-corrected chi connectivity index (χ0v) is 72.6. The van der Waals surface area contributed by atoms with Crippen LogP contribution < -0.4 is 31.1 Å². The highest BCUT2D eigenvalue weighted by Gasteiger charge is 2.44. The number of nitrogens with zero attached hydrogens (tertiary/aromatic N) is 6. The van der Waals surface area contributed by atoms with E-state index < -0.39 is 85.3 Å². The van der Waals surface area contributed by atoms with Gasteiger partial charge in [-0.3, -0.25) is 0 Å². The third-order valence-corrected chi connectivity index (χ3v) is 26.1. The fourth-order valence-corrected chi connectivity index (χ4v) is 19.7. The maximum atomic E-state index is 10.3. The second-order valence-corrected chi connectivity index (χ2v) is 37.1. The smallest absolute Gasteiger partial charge is 0.252 e. The lowest BCUT2D eigenvalue weighted by atomic mass is 9.33. The summed E-state index contributed by atoms with van der Waals surface area (Å²) in [6.45, 7) is 20.4. The molecule has 5 heterocycles. The van der Waals surface area contributed by atoms with Gasteiger partial charge in [0, 0.05) is 126 Å². The van der Waals surface area contributed by atoms with E-state index in [0.29, 0.717) is 35.2 Å². The molecule has 7 heteroatoms. The first-order valence-corrected chi connectivity index (χ1v) is 44.0. The first-order valence-electron chi connectivity index (χ1n) is 52.5. The molecule has 0 amide bonds. The van der Waals surface area contributed by atoms with E-state index in [0.717, 1.165) is 139 Å². The number of benzene rings is 17. The Morgan fingerprint density at radius 2 is 0.748 bits per heavy atom. The molecule has 3 aromatic heterocycles. The van der Waals surface area contributed by atoms with Gasteiger partial charge in [0.2, 0.25) is 0 Å². The van der Waals surface area contributed by atoms with Crippen LogP contribution in [0.5, 0.6) is 0 Å². The van der Waals surface area contributed by atoms with Crippen LogP contribution in [0.4, 0.5) is 39.8 Å². The van der Waals surface area contributed by atoms with Crippen LogP contribution in [0.25, 0.3) is 116 Å². The molecule has 0 spiro atoms. The van der Waals surface area contributed by atoms with Crippen LogP contribution in [0.1, 0.15) is 125 Å². The summed E-state index contributed by atoms with van der Waals surface area (Å²) in [6, 6.07) is 92.5. The summed E-state index contributed by atoms with van der Waals surface area (Å²) in [5, 5.41) is 2.89. The summed E-state index contributed by atoms with van der Waals surface area (Å²) in [7, 11) is 0. The van der Waals surface area contributed by atoms with Crippen molar-refractivity contribution in [1.82, 2.24) is 13.7 Å². The fraction of sp³-hybridized carbons (Fsp3) is 0.150. The lowest BCUT2D eigenvalue weighted by Gasteiger charge is -2.45. The van der Waals surface area contributed by atoms with Gasteiger partial charge in [0.15, 0.2) is 0 Å². The summed E-state index contributed by atoms with van der Waals surface area (Å²) in [5.74, 6) is 0. The lowest BCUT2D eigenvalue weighted by Crippen LogP contribution is -2.62. The van der Waals surface area contributed by atoms with Crippen molar-refractivity contribution in [3.05, 3.63) is 427 Å². The van der Waals surface area contributed by atoms with Gasteiger partial charge in [-0.2, -0.15) is 0 Å². The van der Waals surface area contributed by atoms with E-state index in [1.165, 1.54) is 11.1 Å². The van der Waals surface area contributed by atoms with Gasteiger partial charge in [0.05, 0.1) is 34.3 Å². The summed E-state index contributed by atoms with van der Waals surface area (Å²) in [6.07, 6.45) is 0.722. The van der Waals surface area contributed by atoms with Crippen molar-refractivity contribution in [2.24, 2.45) is 0 Å². The van der Waals surface area contributed by atoms with Crippen molar-refractivity contribution in [2.75, 3.05) is 21.2 Å². The molecule has 0 unspecified atom stereocenters. The number of rotatable bonds is 18. The third-order valence-electron chi connectivity index (χ3n) is 26.1. The van der Waals surface area contributed by atoms with Gasteiger partial charge in [-0.25, -0.2) is 0 Å². The molecule has 0 saturated carbocycles. The first kappa shape index (κ1) is 61.8. The van der Waals surface area contributed by atoms with Crippen LogP contribution in [-0.2, 0) is 48.7 Å². The zero-order valence-electron chi connectivity index (χ0n) is 89.6. The molecule has 0 fully saturated rings. The predicted octanol–water partition coefficient (Wildman–Crippen LogP) is 29.2. The second kappa shape index (κ2) is 31.4. The van der Waals surface area contributed by atoms with E-state index in [4.69, 9.17) is 9.60 Å². The minimum absolute atomic E-state index is 0.00345. The minimum atomic E-state index is -0.559. The topological polar surface area (TPSA) is 24.5 Å². The van der Waals surface area contributed by atoms with Gasteiger partial charge in [-0.15, -0.1) is 0 Å². The van der Waals surface area contributed by atoms with Gasteiger partial charge in [-0.1, -0.05) is 329 Å². The first-order chi connectivity index (χ1) is 68.9. The van der Waals surface area contributed by atoms with Gasteiger partial charge in [0.1, 0.15) is 0 Å². The minimum Gasteiger partial charge on any atom is -0.342 e. The largest absolute Gasteiger partial charge is 0.342 e. The Labute approximate surface area is 770 Å². The van der Waals surface area contributed by atoms with E-state index in [1.54, 1.807) is 39.8 Å². The standard InChI is InChI=1S/C120H103BN6/c1-118(2,3)89-53-59-111-101(72-89)102-73-90(119(4,5)6)54-60-112(102)127(111)95-55-58-106-114(77-95)123(65-63-81-66-87(83-34-16-10-17-35-83)71-88(67-81)84-36-18-11-19-37-84)115-69-82(78-124-109-51-33-30-48-98(109)103-76-94(56-61-110(103)124)126(92-42-24-14-25-43-92)93-44-26-15-27-45-93)70-116-117(115)121(106)105-57-52-80(62-64-122-107-49-31-28-46-96(107)97-47-29-32-50-108(97)122)68-113(105)125(116)79-104-99(85-38-20-12-21-39-85)74-91(120(7,8)9)75-100(104)86-40-22-13-23-41-86/h10-61,66-77H,62-65,78-79H2,1-9H3/i14D,24D,25D,28D,29D,30D,31D,32D,33D,42D,43D,46D,47D,48D,49D,50D,51D. The van der Waals surface area contributed by atoms with Gasteiger partial charge in [-0.05, 0) is 250 Å². The second-order valence-electron chi connectivity index (χ2n) is 37.1. The summed E-state index contributed by atoms with van der Waals surface area (Å²) in [5.41, 5.74) is 25.7. The van der Waals surface area contributed by atoms with Crippen LogP contribution in [0.15, 0.2) is 388 Å². The van der Waals surface area contributed by atoms with Crippen LogP contribution in [0.2, 0.25) is 0 Å². The average Bonchev–Trinajstić information content (AvgIpc) is 0.838. The summed E-state index contributed by atoms with van der Waals surface area (Å²) < 4.78 is 166. The Morgan fingerprint density at radius 1 is 0.291 bits per heavy atom. The lowest BCUT2D eigenvalue weighted by molar-refractivity contribution is 0.590. The number of hydrogen-bond donors (Lipinski definition) is 0. The maximum absolute atomic E-state index is 10.3. The molecule has 127 heavy (non-hydrogen) atoms. The molecule has 20 aromatic rings. The number of anilines is 7. The zero-order chi connectivity index (χ0) is 101. The Bertz CT molecular complexity index is 8450. The Balaban J connectivity index is 0.849. The normalized spacial score (nSPS) is 14.6. The van der Waals surface area contributed by atoms with E-state index in [9.17, 15) is 13.7 Å². The number of fused-ring (bicyclic) bond motifs is 13. The monoisotopic (exact) mass is 1660 g/mol. The van der Waals surface area contributed by atoms with Crippen molar-refractivity contribution in [1.29, 1.82) is 0 Å². The molecule has 0 atom stereocenters. The van der Waals surface area contributed by atoms with E-state index in [1.807, 2.05) is 47.0 Å². The molecule has 0 saturated heterocycles. The Kier molecular flexibility index (Phi) is 15.3. The molecular formula is C120H103BN6. The summed E-state index contributed by atoms with van der Waals surface area (Å²) >= 11 is 0. The molecule has 2 aliphatic rings.